The summed E-state index contributed by atoms with van der Waals surface area (Å²) in [5.74, 6) is 1.34. The van der Waals surface area contributed by atoms with Crippen molar-refractivity contribution >= 4 is 34.2 Å². The molecular formula is C15H14ClIN2. The maximum absolute atomic E-state index is 6.27. The molecule has 1 aliphatic carbocycles. The van der Waals surface area contributed by atoms with Gasteiger partial charge in [-0.3, -0.25) is 0 Å². The Labute approximate surface area is 131 Å². The second-order valence-corrected chi connectivity index (χ2v) is 6.57. The van der Waals surface area contributed by atoms with E-state index in [0.29, 0.717) is 11.1 Å². The summed E-state index contributed by atoms with van der Waals surface area (Å²) < 4.78 is 1.01. The van der Waals surface area contributed by atoms with Crippen molar-refractivity contribution in [2.45, 2.75) is 32.6 Å². The summed E-state index contributed by atoms with van der Waals surface area (Å²) in [5.41, 5.74) is 4.60. The molecule has 1 saturated carbocycles. The van der Waals surface area contributed by atoms with Crippen LogP contribution in [-0.4, -0.2) is 9.97 Å². The molecule has 0 N–H and O–H groups in total. The molecule has 98 valence electrons. The third-order valence-corrected chi connectivity index (χ3v) is 5.09. The largest absolute Gasteiger partial charge is 0.232 e. The number of hydrogen-bond donors (Lipinski definition) is 0. The normalized spacial score (nSPS) is 14.7. The molecule has 1 heterocycles. The van der Waals surface area contributed by atoms with Gasteiger partial charge in [0, 0.05) is 11.5 Å². The molecule has 0 unspecified atom stereocenters. The van der Waals surface area contributed by atoms with E-state index >= 15 is 0 Å². The minimum atomic E-state index is 0.577. The monoisotopic (exact) mass is 384 g/mol. The summed E-state index contributed by atoms with van der Waals surface area (Å²) in [5, 5.41) is 0.577. The van der Waals surface area contributed by atoms with Crippen LogP contribution in [0.25, 0.3) is 11.4 Å². The molecule has 0 saturated heterocycles. The van der Waals surface area contributed by atoms with Crippen LogP contribution in [-0.2, 0) is 0 Å². The third-order valence-electron chi connectivity index (χ3n) is 3.43. The molecule has 1 aliphatic rings. The highest BCUT2D eigenvalue weighted by Gasteiger charge is 2.29. The molecule has 1 aromatic carbocycles. The predicted molar refractivity (Wildman–Crippen MR) is 86.6 cm³/mol. The zero-order chi connectivity index (χ0) is 13.6. The Kier molecular flexibility index (Phi) is 3.52. The topological polar surface area (TPSA) is 25.8 Å². The molecule has 2 nitrogen and oxygen atoms in total. The van der Waals surface area contributed by atoms with E-state index in [9.17, 15) is 0 Å². The van der Waals surface area contributed by atoms with E-state index in [1.165, 1.54) is 24.0 Å². The molecule has 0 aliphatic heterocycles. The highest BCUT2D eigenvalue weighted by molar-refractivity contribution is 14.1. The molecule has 1 fully saturated rings. The van der Waals surface area contributed by atoms with Crippen LogP contribution in [0.4, 0.5) is 0 Å². The summed E-state index contributed by atoms with van der Waals surface area (Å²) in [6, 6.07) is 6.34. The van der Waals surface area contributed by atoms with Gasteiger partial charge in [0.2, 0.25) is 0 Å². The average molecular weight is 385 g/mol. The minimum Gasteiger partial charge on any atom is -0.232 e. The zero-order valence-electron chi connectivity index (χ0n) is 10.9. The van der Waals surface area contributed by atoms with E-state index in [0.717, 1.165) is 20.7 Å². The average Bonchev–Trinajstić information content (AvgIpc) is 3.20. The molecule has 2 aromatic rings. The fraction of sp³-hybridized carbons (Fsp3) is 0.333. The van der Waals surface area contributed by atoms with Gasteiger partial charge in [-0.15, -0.1) is 0 Å². The number of halogens is 2. The van der Waals surface area contributed by atoms with Crippen LogP contribution in [0, 0.1) is 17.4 Å². The number of benzene rings is 1. The number of aromatic nitrogens is 2. The highest BCUT2D eigenvalue weighted by atomic mass is 127. The van der Waals surface area contributed by atoms with E-state index in [1.54, 1.807) is 0 Å². The fourth-order valence-corrected chi connectivity index (χ4v) is 3.02. The predicted octanol–water partition coefficient (Wildman–Crippen LogP) is 4.90. The van der Waals surface area contributed by atoms with Gasteiger partial charge in [-0.2, -0.15) is 0 Å². The molecule has 1 aromatic heterocycles. The van der Waals surface area contributed by atoms with Crippen molar-refractivity contribution in [3.8, 4) is 11.4 Å². The molecule has 3 rings (SSSR count). The van der Waals surface area contributed by atoms with Gasteiger partial charge in [0.15, 0.2) is 5.82 Å². The van der Waals surface area contributed by atoms with Gasteiger partial charge < -0.3 is 0 Å². The molecule has 0 bridgehead atoms. The number of nitrogens with zero attached hydrogens (tertiary/aromatic N) is 2. The van der Waals surface area contributed by atoms with Gasteiger partial charge in [-0.05, 0) is 60.9 Å². The lowest BCUT2D eigenvalue weighted by atomic mass is 10.0. The van der Waals surface area contributed by atoms with Gasteiger partial charge in [-0.1, -0.05) is 29.3 Å². The Bertz CT molecular complexity index is 651. The van der Waals surface area contributed by atoms with Gasteiger partial charge >= 0.3 is 0 Å². The molecular weight excluding hydrogens is 371 g/mol. The van der Waals surface area contributed by atoms with Crippen LogP contribution in [0.2, 0.25) is 5.15 Å². The Morgan fingerprint density at radius 1 is 1.21 bits per heavy atom. The van der Waals surface area contributed by atoms with Gasteiger partial charge in [0.25, 0.3) is 0 Å². The van der Waals surface area contributed by atoms with E-state index in [2.05, 4.69) is 59.6 Å². The molecule has 0 spiro atoms. The Morgan fingerprint density at radius 3 is 2.63 bits per heavy atom. The lowest BCUT2D eigenvalue weighted by molar-refractivity contribution is 0.976. The van der Waals surface area contributed by atoms with Crippen LogP contribution < -0.4 is 0 Å². The third kappa shape index (κ3) is 2.63. The molecule has 0 amide bonds. The maximum Gasteiger partial charge on any atom is 0.161 e. The van der Waals surface area contributed by atoms with Crippen LogP contribution in [0.15, 0.2) is 18.2 Å². The van der Waals surface area contributed by atoms with Gasteiger partial charge in [0.1, 0.15) is 5.15 Å². The number of aryl methyl sites for hydroxylation is 2. The Hall–Kier alpha value is -0.680. The smallest absolute Gasteiger partial charge is 0.161 e. The summed E-state index contributed by atoms with van der Waals surface area (Å²) in [6.07, 6.45) is 2.44. The van der Waals surface area contributed by atoms with Crippen molar-refractivity contribution < 1.29 is 0 Å². The fourth-order valence-electron chi connectivity index (χ4n) is 2.16. The van der Waals surface area contributed by atoms with E-state index < -0.39 is 0 Å². The second kappa shape index (κ2) is 5.02. The Morgan fingerprint density at radius 2 is 1.95 bits per heavy atom. The van der Waals surface area contributed by atoms with Crippen LogP contribution in [0.1, 0.15) is 35.6 Å². The lowest BCUT2D eigenvalue weighted by Crippen LogP contribution is -2.00. The first kappa shape index (κ1) is 13.3. The quantitative estimate of drug-likeness (QED) is 0.544. The minimum absolute atomic E-state index is 0.577. The molecule has 4 heteroatoms. The summed E-state index contributed by atoms with van der Waals surface area (Å²) in [7, 11) is 0. The second-order valence-electron chi connectivity index (χ2n) is 5.13. The van der Waals surface area contributed by atoms with Crippen molar-refractivity contribution in [2.75, 3.05) is 0 Å². The van der Waals surface area contributed by atoms with E-state index in [4.69, 9.17) is 16.6 Å². The first-order valence-corrected chi connectivity index (χ1v) is 7.82. The first-order valence-electron chi connectivity index (χ1n) is 6.37. The van der Waals surface area contributed by atoms with Crippen molar-refractivity contribution in [3.05, 3.63) is 43.7 Å². The highest BCUT2D eigenvalue weighted by Crippen LogP contribution is 2.42. The van der Waals surface area contributed by atoms with Crippen LogP contribution in [0.3, 0.4) is 0 Å². The van der Waals surface area contributed by atoms with Crippen molar-refractivity contribution in [1.82, 2.24) is 9.97 Å². The molecule has 0 atom stereocenters. The van der Waals surface area contributed by atoms with Gasteiger partial charge in [0.05, 0.1) is 9.26 Å². The number of hydrogen-bond acceptors (Lipinski definition) is 2. The standard InChI is InChI=1S/C15H14ClIN2/c1-8-3-4-9(2)11(7-8)15-18-13(10-5-6-10)12(17)14(16)19-15/h3-4,7,10H,5-6H2,1-2H3. The SMILES string of the molecule is Cc1ccc(C)c(-c2nc(Cl)c(I)c(C3CC3)n2)c1. The number of rotatable bonds is 2. The summed E-state index contributed by atoms with van der Waals surface area (Å²) in [6.45, 7) is 4.17. The van der Waals surface area contributed by atoms with Crippen LogP contribution in [0.5, 0.6) is 0 Å². The lowest BCUT2D eigenvalue weighted by Gasteiger charge is -2.10. The van der Waals surface area contributed by atoms with E-state index in [-0.39, 0.29) is 0 Å². The maximum atomic E-state index is 6.27. The van der Waals surface area contributed by atoms with Crippen molar-refractivity contribution in [2.24, 2.45) is 0 Å². The Balaban J connectivity index is 2.17. The molecule has 0 radical (unpaired) electrons. The van der Waals surface area contributed by atoms with Gasteiger partial charge in [-0.25, -0.2) is 9.97 Å². The summed E-state index contributed by atoms with van der Waals surface area (Å²) in [4.78, 5) is 9.23. The zero-order valence-corrected chi connectivity index (χ0v) is 13.8. The van der Waals surface area contributed by atoms with E-state index in [1.807, 2.05) is 0 Å². The van der Waals surface area contributed by atoms with Crippen molar-refractivity contribution in [3.63, 3.8) is 0 Å². The summed E-state index contributed by atoms with van der Waals surface area (Å²) >= 11 is 8.53. The van der Waals surface area contributed by atoms with Crippen molar-refractivity contribution in [1.29, 1.82) is 0 Å². The first-order chi connectivity index (χ1) is 9.06. The molecule has 19 heavy (non-hydrogen) atoms. The van der Waals surface area contributed by atoms with Crippen LogP contribution >= 0.6 is 34.2 Å².